The number of hydrogen-bond donors (Lipinski definition) is 0. The highest BCUT2D eigenvalue weighted by Gasteiger charge is 2.14. The molecular weight excluding hydrogens is 431 g/mol. The van der Waals surface area contributed by atoms with Crippen molar-refractivity contribution >= 4 is 33.5 Å². The Kier molecular flexibility index (Phi) is 7.80. The molecule has 6 nitrogen and oxygen atoms in total. The molecule has 2 rings (SSSR count). The van der Waals surface area contributed by atoms with Crippen molar-refractivity contribution in [1.29, 1.82) is 0 Å². The minimum absolute atomic E-state index is 0.308. The van der Waals surface area contributed by atoms with Gasteiger partial charge < -0.3 is 19.3 Å². The normalized spacial score (nSPS) is 10.3. The van der Waals surface area contributed by atoms with E-state index in [1.54, 1.807) is 7.05 Å². The second kappa shape index (κ2) is 10.1. The fourth-order valence-electron chi connectivity index (χ4n) is 2.28. The molecule has 0 unspecified atom stereocenters. The number of halogens is 2. The number of benzene rings is 2. The predicted molar refractivity (Wildman–Crippen MR) is 108 cm³/mol. The summed E-state index contributed by atoms with van der Waals surface area (Å²) in [5, 5.41) is 0. The lowest BCUT2D eigenvalue weighted by molar-refractivity contribution is -0.153. The van der Waals surface area contributed by atoms with Crippen molar-refractivity contribution in [3.63, 3.8) is 0 Å². The van der Waals surface area contributed by atoms with E-state index in [1.165, 1.54) is 23.1 Å². The number of carbonyl (C=O) groups is 2. The summed E-state index contributed by atoms with van der Waals surface area (Å²) in [7, 11) is 5.55. The van der Waals surface area contributed by atoms with Crippen molar-refractivity contribution in [2.24, 2.45) is 0 Å². The van der Waals surface area contributed by atoms with Gasteiger partial charge in [-0.3, -0.25) is 4.79 Å². The molecule has 0 aliphatic carbocycles. The van der Waals surface area contributed by atoms with Crippen LogP contribution in [0, 0.1) is 5.82 Å². The maximum atomic E-state index is 13.0. The Labute approximate surface area is 172 Å². The van der Waals surface area contributed by atoms with E-state index in [1.807, 2.05) is 43.3 Å². The SMILES string of the molecule is CN(Cc1ccc(N(C)C)cc1)C(=O)COC(=O)COc1ccc(F)cc1Br. The molecule has 28 heavy (non-hydrogen) atoms. The van der Waals surface area contributed by atoms with Crippen molar-refractivity contribution < 1.29 is 23.5 Å². The van der Waals surface area contributed by atoms with E-state index in [4.69, 9.17) is 9.47 Å². The first-order valence-corrected chi connectivity index (χ1v) is 9.29. The summed E-state index contributed by atoms with van der Waals surface area (Å²) < 4.78 is 23.6. The Morgan fingerprint density at radius 2 is 1.71 bits per heavy atom. The van der Waals surface area contributed by atoms with Crippen molar-refractivity contribution in [1.82, 2.24) is 4.90 Å². The van der Waals surface area contributed by atoms with Gasteiger partial charge >= 0.3 is 5.97 Å². The zero-order valence-electron chi connectivity index (χ0n) is 15.9. The van der Waals surface area contributed by atoms with Crippen LogP contribution in [-0.2, 0) is 20.9 Å². The van der Waals surface area contributed by atoms with Crippen LogP contribution < -0.4 is 9.64 Å². The van der Waals surface area contributed by atoms with Crippen LogP contribution in [0.15, 0.2) is 46.9 Å². The average molecular weight is 453 g/mol. The highest BCUT2D eigenvalue weighted by atomic mass is 79.9. The molecule has 0 saturated heterocycles. The van der Waals surface area contributed by atoms with Gasteiger partial charge in [-0.05, 0) is 51.8 Å². The quantitative estimate of drug-likeness (QED) is 0.575. The number of esters is 1. The van der Waals surface area contributed by atoms with E-state index < -0.39 is 11.8 Å². The summed E-state index contributed by atoms with van der Waals surface area (Å²) in [5.41, 5.74) is 2.04. The van der Waals surface area contributed by atoms with E-state index >= 15 is 0 Å². The fourth-order valence-corrected chi connectivity index (χ4v) is 2.75. The number of carbonyl (C=O) groups excluding carboxylic acids is 2. The zero-order valence-corrected chi connectivity index (χ0v) is 17.5. The lowest BCUT2D eigenvalue weighted by Gasteiger charge is -2.18. The summed E-state index contributed by atoms with van der Waals surface area (Å²) >= 11 is 3.14. The number of amides is 1. The second-order valence-electron chi connectivity index (χ2n) is 6.33. The van der Waals surface area contributed by atoms with E-state index in [-0.39, 0.29) is 19.1 Å². The molecule has 0 aromatic heterocycles. The van der Waals surface area contributed by atoms with E-state index in [0.717, 1.165) is 11.3 Å². The Hall–Kier alpha value is -2.61. The maximum absolute atomic E-state index is 13.0. The maximum Gasteiger partial charge on any atom is 0.344 e. The lowest BCUT2D eigenvalue weighted by Crippen LogP contribution is -2.31. The third-order valence-electron chi connectivity index (χ3n) is 3.89. The number of likely N-dealkylation sites (N-methyl/N-ethyl adjacent to an activating group) is 1. The highest BCUT2D eigenvalue weighted by Crippen LogP contribution is 2.25. The average Bonchev–Trinajstić information content (AvgIpc) is 2.65. The predicted octanol–water partition coefficient (Wildman–Crippen LogP) is 3.23. The van der Waals surface area contributed by atoms with Gasteiger partial charge in [-0.25, -0.2) is 9.18 Å². The summed E-state index contributed by atoms with van der Waals surface area (Å²) in [5.74, 6) is -1.13. The van der Waals surface area contributed by atoms with Crippen LogP contribution in [0.5, 0.6) is 5.75 Å². The first kappa shape index (κ1) is 21.7. The molecule has 8 heteroatoms. The van der Waals surface area contributed by atoms with Crippen molar-refractivity contribution in [3.05, 3.63) is 58.3 Å². The number of rotatable bonds is 8. The standard InChI is InChI=1S/C20H22BrFN2O4/c1-23(2)16-7-4-14(5-8-16)11-24(3)19(25)12-28-20(26)13-27-18-9-6-15(22)10-17(18)21/h4-10H,11-13H2,1-3H3. The Balaban J connectivity index is 1.76. The van der Waals surface area contributed by atoms with Crippen LogP contribution in [0.3, 0.4) is 0 Å². The van der Waals surface area contributed by atoms with Crippen LogP contribution in [-0.4, -0.2) is 51.1 Å². The van der Waals surface area contributed by atoms with Crippen molar-refractivity contribution in [2.75, 3.05) is 39.3 Å². The molecule has 0 atom stereocenters. The second-order valence-corrected chi connectivity index (χ2v) is 7.19. The van der Waals surface area contributed by atoms with Gasteiger partial charge in [0.25, 0.3) is 5.91 Å². The van der Waals surface area contributed by atoms with Crippen molar-refractivity contribution in [2.45, 2.75) is 6.54 Å². The van der Waals surface area contributed by atoms with E-state index in [0.29, 0.717) is 16.8 Å². The van der Waals surface area contributed by atoms with E-state index in [9.17, 15) is 14.0 Å². The van der Waals surface area contributed by atoms with Gasteiger partial charge in [-0.15, -0.1) is 0 Å². The molecule has 0 spiro atoms. The number of nitrogens with zero attached hydrogens (tertiary/aromatic N) is 2. The smallest absolute Gasteiger partial charge is 0.344 e. The van der Waals surface area contributed by atoms with Gasteiger partial charge in [0.1, 0.15) is 11.6 Å². The van der Waals surface area contributed by atoms with Crippen LogP contribution in [0.2, 0.25) is 0 Å². The third-order valence-corrected chi connectivity index (χ3v) is 4.51. The minimum Gasteiger partial charge on any atom is -0.481 e. The monoisotopic (exact) mass is 452 g/mol. The first-order valence-electron chi connectivity index (χ1n) is 8.50. The van der Waals surface area contributed by atoms with Gasteiger partial charge in [0.05, 0.1) is 4.47 Å². The Morgan fingerprint density at radius 1 is 1.04 bits per heavy atom. The molecule has 2 aromatic rings. The molecule has 0 heterocycles. The molecular formula is C20H22BrFN2O4. The van der Waals surface area contributed by atoms with Crippen LogP contribution in [0.1, 0.15) is 5.56 Å². The summed E-state index contributed by atoms with van der Waals surface area (Å²) in [6.45, 7) is -0.352. The van der Waals surface area contributed by atoms with Gasteiger partial charge in [0, 0.05) is 33.4 Å². The molecule has 0 bridgehead atoms. The van der Waals surface area contributed by atoms with Gasteiger partial charge in [0.15, 0.2) is 13.2 Å². The topological polar surface area (TPSA) is 59.1 Å². The van der Waals surface area contributed by atoms with Crippen LogP contribution in [0.25, 0.3) is 0 Å². The molecule has 0 saturated carbocycles. The molecule has 0 fully saturated rings. The number of ether oxygens (including phenoxy) is 2. The van der Waals surface area contributed by atoms with E-state index in [2.05, 4.69) is 15.9 Å². The largest absolute Gasteiger partial charge is 0.481 e. The Morgan fingerprint density at radius 3 is 2.32 bits per heavy atom. The minimum atomic E-state index is -0.687. The summed E-state index contributed by atoms with van der Waals surface area (Å²) in [6.07, 6.45) is 0. The molecule has 1 amide bonds. The van der Waals surface area contributed by atoms with Gasteiger partial charge in [-0.2, -0.15) is 0 Å². The Bertz CT molecular complexity index is 827. The molecule has 2 aromatic carbocycles. The summed E-state index contributed by atoms with van der Waals surface area (Å²) in [6, 6.07) is 11.7. The molecule has 150 valence electrons. The molecule has 0 aliphatic rings. The van der Waals surface area contributed by atoms with Gasteiger partial charge in [-0.1, -0.05) is 12.1 Å². The molecule has 0 radical (unpaired) electrons. The molecule has 0 aliphatic heterocycles. The van der Waals surface area contributed by atoms with Crippen LogP contribution in [0.4, 0.5) is 10.1 Å². The van der Waals surface area contributed by atoms with Crippen molar-refractivity contribution in [3.8, 4) is 5.75 Å². The third kappa shape index (κ3) is 6.53. The number of anilines is 1. The molecule has 0 N–H and O–H groups in total. The number of hydrogen-bond acceptors (Lipinski definition) is 5. The van der Waals surface area contributed by atoms with Gasteiger partial charge in [0.2, 0.25) is 0 Å². The lowest BCUT2D eigenvalue weighted by atomic mass is 10.2. The highest BCUT2D eigenvalue weighted by molar-refractivity contribution is 9.10. The zero-order chi connectivity index (χ0) is 20.7. The first-order chi connectivity index (χ1) is 13.3. The van der Waals surface area contributed by atoms with Crippen LogP contribution >= 0.6 is 15.9 Å². The fraction of sp³-hybridized carbons (Fsp3) is 0.300. The summed E-state index contributed by atoms with van der Waals surface area (Å²) in [4.78, 5) is 27.4.